The number of benzene rings is 3. The predicted octanol–water partition coefficient (Wildman–Crippen LogP) is 5.78. The van der Waals surface area contributed by atoms with Crippen molar-refractivity contribution in [3.8, 4) is 16.9 Å². The van der Waals surface area contributed by atoms with Crippen molar-refractivity contribution in [2.24, 2.45) is 5.92 Å². The Hall–Kier alpha value is -3.36. The summed E-state index contributed by atoms with van der Waals surface area (Å²) in [5.41, 5.74) is 9.06. The number of carbonyl (C=O) groups is 1. The molecule has 0 radical (unpaired) electrons. The minimum absolute atomic E-state index is 0.00705. The molecule has 0 saturated heterocycles. The standard InChI is InChI=1S/C32H37NO6S/c1-4-38-32(34)29-17-28(29)22-9-11-25(12-10-22)33-18-23-7-5-8-27-30(23)20-37-19-24-16-26(15-21(2)31(24)27)39-13-6-14-40(3,35)36/h5,7-12,15-16,28-29,33H,4,6,13-14,17-20H2,1-3H3/t28-,29+/m1/s1. The summed E-state index contributed by atoms with van der Waals surface area (Å²) in [4.78, 5) is 12.0. The summed E-state index contributed by atoms with van der Waals surface area (Å²) in [5.74, 6) is 1.01. The molecule has 3 aromatic rings. The van der Waals surface area contributed by atoms with Gasteiger partial charge in [0.25, 0.3) is 0 Å². The van der Waals surface area contributed by atoms with Gasteiger partial charge in [0.2, 0.25) is 0 Å². The molecule has 0 aromatic heterocycles. The maximum atomic E-state index is 12.0. The lowest BCUT2D eigenvalue weighted by molar-refractivity contribution is -0.144. The lowest BCUT2D eigenvalue weighted by atomic mass is 9.90. The van der Waals surface area contributed by atoms with Gasteiger partial charge in [-0.15, -0.1) is 0 Å². The van der Waals surface area contributed by atoms with E-state index >= 15 is 0 Å². The average Bonchev–Trinajstić information content (AvgIpc) is 3.73. The molecule has 40 heavy (non-hydrogen) atoms. The van der Waals surface area contributed by atoms with Crippen LogP contribution in [0.1, 0.15) is 53.5 Å². The fourth-order valence-electron chi connectivity index (χ4n) is 5.50. The molecule has 2 aliphatic rings. The van der Waals surface area contributed by atoms with Crippen LogP contribution < -0.4 is 10.1 Å². The van der Waals surface area contributed by atoms with Crippen LogP contribution in [0.4, 0.5) is 5.69 Å². The second kappa shape index (κ2) is 12.0. The summed E-state index contributed by atoms with van der Waals surface area (Å²) in [5, 5.41) is 3.55. The lowest BCUT2D eigenvalue weighted by Crippen LogP contribution is -2.08. The smallest absolute Gasteiger partial charge is 0.309 e. The maximum Gasteiger partial charge on any atom is 0.309 e. The molecule has 1 aliphatic heterocycles. The molecule has 1 aliphatic carbocycles. The Balaban J connectivity index is 1.27. The molecule has 3 aromatic carbocycles. The molecule has 7 nitrogen and oxygen atoms in total. The summed E-state index contributed by atoms with van der Waals surface area (Å²) in [7, 11) is -3.00. The molecule has 0 spiro atoms. The van der Waals surface area contributed by atoms with E-state index in [4.69, 9.17) is 14.2 Å². The average molecular weight is 564 g/mol. The Labute approximate surface area is 236 Å². The Morgan fingerprint density at radius 2 is 1.90 bits per heavy atom. The van der Waals surface area contributed by atoms with E-state index in [0.717, 1.165) is 29.0 Å². The van der Waals surface area contributed by atoms with Crippen molar-refractivity contribution in [3.05, 3.63) is 82.4 Å². The molecule has 1 saturated carbocycles. The van der Waals surface area contributed by atoms with Crippen LogP contribution in [-0.2, 0) is 43.9 Å². The Morgan fingerprint density at radius 3 is 2.65 bits per heavy atom. The van der Waals surface area contributed by atoms with Gasteiger partial charge in [-0.3, -0.25) is 4.79 Å². The van der Waals surface area contributed by atoms with E-state index in [2.05, 4.69) is 54.7 Å². The van der Waals surface area contributed by atoms with Crippen LogP contribution in [0.5, 0.6) is 5.75 Å². The minimum Gasteiger partial charge on any atom is -0.494 e. The number of hydrogen-bond donors (Lipinski definition) is 1. The van der Waals surface area contributed by atoms with Crippen LogP contribution in [0.3, 0.4) is 0 Å². The van der Waals surface area contributed by atoms with Crippen LogP contribution in [0.2, 0.25) is 0 Å². The van der Waals surface area contributed by atoms with Crippen LogP contribution in [0.25, 0.3) is 11.1 Å². The first-order valence-corrected chi connectivity index (χ1v) is 15.9. The van der Waals surface area contributed by atoms with Gasteiger partial charge >= 0.3 is 5.97 Å². The van der Waals surface area contributed by atoms with Gasteiger partial charge in [0.15, 0.2) is 0 Å². The second-order valence-electron chi connectivity index (χ2n) is 10.7. The molecular formula is C32H37NO6S. The zero-order valence-corrected chi connectivity index (χ0v) is 24.2. The molecule has 1 heterocycles. The summed E-state index contributed by atoms with van der Waals surface area (Å²) in [6.07, 6.45) is 2.56. The largest absolute Gasteiger partial charge is 0.494 e. The number of sulfone groups is 1. The summed E-state index contributed by atoms with van der Waals surface area (Å²) >= 11 is 0. The number of hydrogen-bond acceptors (Lipinski definition) is 7. The fraction of sp³-hybridized carbons (Fsp3) is 0.406. The number of ether oxygens (including phenoxy) is 3. The van der Waals surface area contributed by atoms with Gasteiger partial charge < -0.3 is 19.5 Å². The van der Waals surface area contributed by atoms with Gasteiger partial charge in [-0.1, -0.05) is 30.3 Å². The highest BCUT2D eigenvalue weighted by atomic mass is 32.2. The Bertz CT molecular complexity index is 1480. The minimum atomic E-state index is -3.00. The van der Waals surface area contributed by atoms with Gasteiger partial charge in [0.1, 0.15) is 15.6 Å². The number of esters is 1. The molecule has 0 unspecified atom stereocenters. The molecular weight excluding hydrogens is 526 g/mol. The van der Waals surface area contributed by atoms with Crippen molar-refractivity contribution in [2.75, 3.05) is 30.5 Å². The van der Waals surface area contributed by atoms with Crippen molar-refractivity contribution in [1.82, 2.24) is 0 Å². The first kappa shape index (κ1) is 28.2. The van der Waals surface area contributed by atoms with Crippen LogP contribution >= 0.6 is 0 Å². The molecule has 1 fully saturated rings. The molecule has 0 bridgehead atoms. The van der Waals surface area contributed by atoms with Gasteiger partial charge in [-0.05, 0) is 95.8 Å². The first-order valence-electron chi connectivity index (χ1n) is 13.9. The van der Waals surface area contributed by atoms with Crippen LogP contribution in [-0.4, -0.2) is 39.6 Å². The van der Waals surface area contributed by atoms with E-state index in [1.54, 1.807) is 0 Å². The summed E-state index contributed by atoms with van der Waals surface area (Å²) in [6, 6.07) is 18.8. The Morgan fingerprint density at radius 1 is 1.10 bits per heavy atom. The monoisotopic (exact) mass is 563 g/mol. The highest BCUT2D eigenvalue weighted by molar-refractivity contribution is 7.90. The summed E-state index contributed by atoms with van der Waals surface area (Å²) < 4.78 is 40.0. The highest BCUT2D eigenvalue weighted by Gasteiger charge is 2.45. The van der Waals surface area contributed by atoms with Gasteiger partial charge in [-0.2, -0.15) is 0 Å². The van der Waals surface area contributed by atoms with Crippen molar-refractivity contribution in [3.63, 3.8) is 0 Å². The maximum absolute atomic E-state index is 12.0. The topological polar surface area (TPSA) is 90.9 Å². The molecule has 0 amide bonds. The quantitative estimate of drug-likeness (QED) is 0.233. The van der Waals surface area contributed by atoms with E-state index in [0.29, 0.717) is 39.4 Å². The van der Waals surface area contributed by atoms with Crippen LogP contribution in [0.15, 0.2) is 54.6 Å². The van der Waals surface area contributed by atoms with Gasteiger partial charge in [0, 0.05) is 18.5 Å². The SMILES string of the molecule is CCOC(=O)[C@H]1C[C@@H]1c1ccc(NCc2cccc3c2COCc2cc(OCCCS(C)(=O)=O)cc(C)c2-3)cc1. The van der Waals surface area contributed by atoms with Crippen molar-refractivity contribution >= 4 is 21.5 Å². The number of fused-ring (bicyclic) bond motifs is 3. The van der Waals surface area contributed by atoms with E-state index < -0.39 is 9.84 Å². The molecule has 8 heteroatoms. The number of anilines is 1. The van der Waals surface area contributed by atoms with Crippen LogP contribution in [0, 0.1) is 12.8 Å². The van der Waals surface area contributed by atoms with Crippen molar-refractivity contribution < 1.29 is 27.4 Å². The lowest BCUT2D eigenvalue weighted by Gasteiger charge is -2.17. The van der Waals surface area contributed by atoms with E-state index in [1.165, 1.54) is 34.1 Å². The number of rotatable bonds is 11. The normalized spacial score (nSPS) is 17.8. The number of nitrogens with one attached hydrogen (secondary N) is 1. The second-order valence-corrected chi connectivity index (χ2v) is 13.0. The zero-order chi connectivity index (χ0) is 28.3. The molecule has 212 valence electrons. The van der Waals surface area contributed by atoms with E-state index in [-0.39, 0.29) is 23.6 Å². The van der Waals surface area contributed by atoms with Gasteiger partial charge in [0.05, 0.1) is 38.1 Å². The fourth-order valence-corrected chi connectivity index (χ4v) is 6.15. The molecule has 5 rings (SSSR count). The van der Waals surface area contributed by atoms with Gasteiger partial charge in [-0.25, -0.2) is 8.42 Å². The summed E-state index contributed by atoms with van der Waals surface area (Å²) in [6.45, 7) is 6.36. The number of carbonyl (C=O) groups excluding carboxylic acids is 1. The molecule has 1 N–H and O–H groups in total. The predicted molar refractivity (Wildman–Crippen MR) is 156 cm³/mol. The zero-order valence-electron chi connectivity index (χ0n) is 23.4. The molecule has 2 atom stereocenters. The highest BCUT2D eigenvalue weighted by Crippen LogP contribution is 2.48. The van der Waals surface area contributed by atoms with E-state index in [1.807, 2.05) is 19.1 Å². The third-order valence-electron chi connectivity index (χ3n) is 7.57. The third-order valence-corrected chi connectivity index (χ3v) is 8.60. The first-order chi connectivity index (χ1) is 19.2. The van der Waals surface area contributed by atoms with Crippen molar-refractivity contribution in [1.29, 1.82) is 0 Å². The number of aryl methyl sites for hydroxylation is 1. The van der Waals surface area contributed by atoms with Crippen molar-refractivity contribution in [2.45, 2.75) is 52.4 Å². The Kier molecular flexibility index (Phi) is 8.47. The van der Waals surface area contributed by atoms with E-state index in [9.17, 15) is 13.2 Å². The third kappa shape index (κ3) is 6.67.